The second-order valence-corrected chi connectivity index (χ2v) is 10.8. The van der Waals surface area contributed by atoms with Gasteiger partial charge in [-0.25, -0.2) is 0 Å². The van der Waals surface area contributed by atoms with Crippen molar-refractivity contribution in [1.82, 2.24) is 0 Å². The fourth-order valence-electron chi connectivity index (χ4n) is 5.33. The molecule has 0 radical (unpaired) electrons. The molecule has 1 unspecified atom stereocenters. The van der Waals surface area contributed by atoms with Crippen molar-refractivity contribution >= 4 is 22.9 Å². The number of carbonyl (C=O) groups is 2. The summed E-state index contributed by atoms with van der Waals surface area (Å²) >= 11 is 0. The fourth-order valence-corrected chi connectivity index (χ4v) is 5.33. The number of ether oxygens (including phenoxy) is 3. The van der Waals surface area contributed by atoms with Gasteiger partial charge in [-0.2, -0.15) is 0 Å². The van der Waals surface area contributed by atoms with Gasteiger partial charge in [-0.15, -0.1) is 0 Å². The quantitative estimate of drug-likeness (QED) is 0.189. The van der Waals surface area contributed by atoms with Gasteiger partial charge in [-0.1, -0.05) is 26.0 Å². The van der Waals surface area contributed by atoms with Crippen LogP contribution in [0.5, 0.6) is 11.5 Å². The zero-order valence-corrected chi connectivity index (χ0v) is 23.2. The molecule has 5 rings (SSSR count). The highest BCUT2D eigenvalue weighted by Crippen LogP contribution is 2.50. The van der Waals surface area contributed by atoms with Gasteiger partial charge in [-0.05, 0) is 59.5 Å². The van der Waals surface area contributed by atoms with Crippen LogP contribution in [0.4, 0.5) is 11.4 Å². The van der Waals surface area contributed by atoms with Gasteiger partial charge in [0.2, 0.25) is 5.88 Å². The molecule has 2 aliphatic rings. The molecule has 9 nitrogen and oxygen atoms in total. The lowest BCUT2D eigenvalue weighted by molar-refractivity contribution is -0.384. The van der Waals surface area contributed by atoms with Gasteiger partial charge >= 0.3 is 0 Å². The van der Waals surface area contributed by atoms with Crippen LogP contribution in [-0.4, -0.2) is 30.7 Å². The van der Waals surface area contributed by atoms with Crippen molar-refractivity contribution in [2.24, 2.45) is 5.41 Å². The van der Waals surface area contributed by atoms with E-state index in [4.69, 9.17) is 14.2 Å². The van der Waals surface area contributed by atoms with E-state index in [-0.39, 0.29) is 40.5 Å². The zero-order valence-electron chi connectivity index (χ0n) is 23.2. The Bertz CT molecular complexity index is 1580. The van der Waals surface area contributed by atoms with Crippen molar-refractivity contribution in [3.63, 3.8) is 0 Å². The maximum Gasteiger partial charge on any atom is 0.269 e. The Morgan fingerprint density at radius 1 is 0.976 bits per heavy atom. The number of nitro groups is 1. The molecule has 1 aliphatic heterocycles. The van der Waals surface area contributed by atoms with Gasteiger partial charge in [-0.3, -0.25) is 19.7 Å². The number of carbonyl (C=O) groups excluding carboxylic acids is 2. The third-order valence-electron chi connectivity index (χ3n) is 7.29. The van der Waals surface area contributed by atoms with E-state index in [9.17, 15) is 19.7 Å². The average molecular weight is 555 g/mol. The lowest BCUT2D eigenvalue weighted by Crippen LogP contribution is -2.35. The highest BCUT2D eigenvalue weighted by molar-refractivity contribution is 6.13. The zero-order chi connectivity index (χ0) is 29.3. The van der Waals surface area contributed by atoms with E-state index in [1.807, 2.05) is 13.8 Å². The van der Waals surface area contributed by atoms with Crippen molar-refractivity contribution in [3.8, 4) is 11.5 Å². The molecule has 0 aromatic heterocycles. The number of hydrogen-bond donors (Lipinski definition) is 1. The normalized spacial score (nSPS) is 17.9. The average Bonchev–Trinajstić information content (AvgIpc) is 2.96. The number of benzene rings is 3. The molecule has 1 atom stereocenters. The Morgan fingerprint density at radius 2 is 1.61 bits per heavy atom. The molecule has 1 heterocycles. The number of anilines is 1. The molecule has 1 aliphatic carbocycles. The summed E-state index contributed by atoms with van der Waals surface area (Å²) in [7, 11) is 3.11. The molecule has 3 aromatic rings. The summed E-state index contributed by atoms with van der Waals surface area (Å²) in [6.07, 6.45) is 0.711. The van der Waals surface area contributed by atoms with E-state index < -0.39 is 10.8 Å². The number of allylic oxidation sites excluding steroid dienone is 3. The van der Waals surface area contributed by atoms with Crippen LogP contribution in [-0.2, 0) is 9.53 Å². The van der Waals surface area contributed by atoms with Gasteiger partial charge in [0.1, 0.15) is 17.3 Å². The number of nitrogens with zero attached hydrogens (tertiary/aromatic N) is 1. The van der Waals surface area contributed by atoms with Gasteiger partial charge < -0.3 is 19.5 Å². The molecule has 210 valence electrons. The summed E-state index contributed by atoms with van der Waals surface area (Å²) < 4.78 is 16.9. The van der Waals surface area contributed by atoms with Gasteiger partial charge in [0.05, 0.1) is 30.6 Å². The Labute approximate surface area is 237 Å². The highest BCUT2D eigenvalue weighted by Gasteiger charge is 2.45. The number of nitro benzene ring substituents is 1. The molecule has 0 fully saturated rings. The van der Waals surface area contributed by atoms with Crippen LogP contribution in [0.3, 0.4) is 0 Å². The molecule has 0 saturated heterocycles. The minimum absolute atomic E-state index is 0.138. The number of nitrogens with one attached hydrogen (secondary N) is 1. The second-order valence-electron chi connectivity index (χ2n) is 10.8. The lowest BCUT2D eigenvalue weighted by Gasteiger charge is -2.39. The van der Waals surface area contributed by atoms with Crippen LogP contribution in [0.15, 0.2) is 95.6 Å². The Morgan fingerprint density at radius 3 is 2.22 bits per heavy atom. The summed E-state index contributed by atoms with van der Waals surface area (Å²) in [5.74, 6) is 0.416. The first kappa shape index (κ1) is 27.6. The van der Waals surface area contributed by atoms with Crippen LogP contribution in [0, 0.1) is 15.5 Å². The van der Waals surface area contributed by atoms with Crippen molar-refractivity contribution in [2.45, 2.75) is 32.6 Å². The Balaban J connectivity index is 1.73. The van der Waals surface area contributed by atoms with Crippen molar-refractivity contribution in [3.05, 3.63) is 117 Å². The van der Waals surface area contributed by atoms with Gasteiger partial charge in [0, 0.05) is 41.8 Å². The summed E-state index contributed by atoms with van der Waals surface area (Å²) in [6, 6.07) is 19.8. The van der Waals surface area contributed by atoms with Crippen molar-refractivity contribution in [1.29, 1.82) is 0 Å². The molecule has 9 heteroatoms. The van der Waals surface area contributed by atoms with Crippen molar-refractivity contribution in [2.75, 3.05) is 19.5 Å². The van der Waals surface area contributed by atoms with Crippen molar-refractivity contribution < 1.29 is 28.7 Å². The molecule has 0 spiro atoms. The number of Topliss-reactive ketones (excluding diaryl/α,β-unsaturated/α-hetero) is 2. The number of methoxy groups -OCH3 is 2. The first-order valence-corrected chi connectivity index (χ1v) is 13.1. The smallest absolute Gasteiger partial charge is 0.269 e. The highest BCUT2D eigenvalue weighted by atomic mass is 16.6. The predicted octanol–water partition coefficient (Wildman–Crippen LogP) is 6.58. The monoisotopic (exact) mass is 554 g/mol. The minimum Gasteiger partial charge on any atom is -0.497 e. The van der Waals surface area contributed by atoms with E-state index >= 15 is 0 Å². The van der Waals surface area contributed by atoms with E-state index in [0.717, 1.165) is 0 Å². The number of ketones is 2. The number of hydrogen-bond acceptors (Lipinski definition) is 8. The molecule has 1 N–H and O–H groups in total. The molecular formula is C32H30N2O7. The molecular weight excluding hydrogens is 524 g/mol. The summed E-state index contributed by atoms with van der Waals surface area (Å²) in [5, 5.41) is 15.0. The molecule has 0 bridgehead atoms. The largest absolute Gasteiger partial charge is 0.497 e. The third kappa shape index (κ3) is 5.56. The summed E-state index contributed by atoms with van der Waals surface area (Å²) in [5.41, 5.74) is 1.45. The molecule has 0 amide bonds. The summed E-state index contributed by atoms with van der Waals surface area (Å²) in [6.45, 7) is 3.97. The van der Waals surface area contributed by atoms with E-state index in [1.165, 1.54) is 19.2 Å². The van der Waals surface area contributed by atoms with Crippen LogP contribution < -0.4 is 14.8 Å². The van der Waals surface area contributed by atoms with Crippen LogP contribution in [0.25, 0.3) is 0 Å². The maximum atomic E-state index is 14.3. The second kappa shape index (κ2) is 10.9. The van der Waals surface area contributed by atoms with Gasteiger partial charge in [0.25, 0.3) is 5.69 Å². The standard InChI is InChI=1S/C32H30N2O7/c1-32(2)17-25(35)28-26(18-32)41-31(33-21-10-14-24(40-4)15-11-21)29(30(36)19-8-12-23(39-3)13-9-19)27(28)20-6-5-7-22(16-20)34(37)38/h5-16,27,33H,17-18H2,1-4H3. The van der Waals surface area contributed by atoms with Gasteiger partial charge in [0.15, 0.2) is 11.6 Å². The topological polar surface area (TPSA) is 117 Å². The molecule has 41 heavy (non-hydrogen) atoms. The molecule has 0 saturated carbocycles. The van der Waals surface area contributed by atoms with E-state index in [2.05, 4.69) is 5.32 Å². The SMILES string of the molecule is COc1ccc(NC2=C(C(=O)c3ccc(OC)cc3)C(c3cccc([N+](=O)[O-])c3)C3=C(CC(C)(C)CC3=O)O2)cc1. The minimum atomic E-state index is -0.891. The van der Waals surface area contributed by atoms with E-state index in [1.54, 1.807) is 67.8 Å². The Kier molecular flexibility index (Phi) is 7.36. The number of rotatable bonds is 8. The molecule has 3 aromatic carbocycles. The first-order chi connectivity index (χ1) is 19.6. The van der Waals surface area contributed by atoms with E-state index in [0.29, 0.717) is 46.1 Å². The predicted molar refractivity (Wildman–Crippen MR) is 153 cm³/mol. The Hall–Kier alpha value is -4.92. The first-order valence-electron chi connectivity index (χ1n) is 13.1. The third-order valence-corrected chi connectivity index (χ3v) is 7.29. The number of non-ortho nitro benzene ring substituents is 1. The van der Waals surface area contributed by atoms with Crippen LogP contribution in [0.2, 0.25) is 0 Å². The van der Waals surface area contributed by atoms with Crippen LogP contribution in [0.1, 0.15) is 48.5 Å². The van der Waals surface area contributed by atoms with Crippen LogP contribution >= 0.6 is 0 Å². The fraction of sp³-hybridized carbons (Fsp3) is 0.250. The maximum absolute atomic E-state index is 14.3. The lowest BCUT2D eigenvalue weighted by atomic mass is 9.69. The summed E-state index contributed by atoms with van der Waals surface area (Å²) in [4.78, 5) is 39.2.